The number of carbonyl (C=O) groups is 1. The van der Waals surface area contributed by atoms with E-state index in [2.05, 4.69) is 5.32 Å². The highest BCUT2D eigenvalue weighted by Gasteiger charge is 2.13. The number of carbonyl (C=O) groups excluding carboxylic acids is 1. The highest BCUT2D eigenvalue weighted by atomic mass is 19.1. The Morgan fingerprint density at radius 1 is 1.22 bits per heavy atom. The van der Waals surface area contributed by atoms with E-state index >= 15 is 0 Å². The molecule has 0 unspecified atom stereocenters. The quantitative estimate of drug-likeness (QED) is 0.766. The minimum atomic E-state index is -0.836. The van der Waals surface area contributed by atoms with E-state index in [4.69, 9.17) is 5.73 Å². The van der Waals surface area contributed by atoms with Crippen molar-refractivity contribution < 1.29 is 13.6 Å². The number of amides is 1. The number of halogens is 2. The molecule has 0 fully saturated rings. The van der Waals surface area contributed by atoms with E-state index in [0.717, 1.165) is 25.3 Å². The Morgan fingerprint density at radius 2 is 1.94 bits per heavy atom. The van der Waals surface area contributed by atoms with Gasteiger partial charge >= 0.3 is 0 Å². The van der Waals surface area contributed by atoms with Crippen LogP contribution in [0.4, 0.5) is 8.78 Å². The van der Waals surface area contributed by atoms with Crippen molar-refractivity contribution in [3.63, 3.8) is 0 Å². The molecular weight excluding hydrogens is 238 g/mol. The van der Waals surface area contributed by atoms with E-state index in [1.807, 2.05) is 0 Å². The molecule has 0 saturated carbocycles. The molecule has 0 aliphatic heterocycles. The van der Waals surface area contributed by atoms with Crippen molar-refractivity contribution in [1.82, 2.24) is 5.32 Å². The van der Waals surface area contributed by atoms with Crippen molar-refractivity contribution in [3.05, 3.63) is 34.9 Å². The number of aryl methyl sites for hydroxylation is 1. The molecule has 100 valence electrons. The van der Waals surface area contributed by atoms with Gasteiger partial charge in [-0.1, -0.05) is 6.42 Å². The third kappa shape index (κ3) is 4.07. The van der Waals surface area contributed by atoms with Gasteiger partial charge in [0.1, 0.15) is 11.6 Å². The summed E-state index contributed by atoms with van der Waals surface area (Å²) in [6, 6.07) is 1.96. The predicted molar refractivity (Wildman–Crippen MR) is 66.3 cm³/mol. The van der Waals surface area contributed by atoms with Gasteiger partial charge in [0, 0.05) is 12.6 Å². The Balaban J connectivity index is 2.54. The second-order valence-electron chi connectivity index (χ2n) is 4.19. The van der Waals surface area contributed by atoms with Crippen molar-refractivity contribution in [3.8, 4) is 0 Å². The van der Waals surface area contributed by atoms with Crippen LogP contribution in [0, 0.1) is 18.6 Å². The first-order chi connectivity index (χ1) is 8.56. The van der Waals surface area contributed by atoms with Gasteiger partial charge in [-0.2, -0.15) is 0 Å². The number of rotatable bonds is 6. The summed E-state index contributed by atoms with van der Waals surface area (Å²) in [6.45, 7) is 2.58. The molecule has 0 saturated heterocycles. The second-order valence-corrected chi connectivity index (χ2v) is 4.19. The number of nitrogens with two attached hydrogens (primary N) is 1. The predicted octanol–water partition coefficient (Wildman–Crippen LogP) is 2.13. The zero-order chi connectivity index (χ0) is 13.5. The number of hydrogen-bond donors (Lipinski definition) is 2. The molecule has 1 amide bonds. The summed E-state index contributed by atoms with van der Waals surface area (Å²) >= 11 is 0. The first-order valence-corrected chi connectivity index (χ1v) is 6.00. The van der Waals surface area contributed by atoms with Crippen LogP contribution in [-0.4, -0.2) is 19.0 Å². The van der Waals surface area contributed by atoms with Gasteiger partial charge in [-0.3, -0.25) is 4.79 Å². The lowest BCUT2D eigenvalue weighted by Gasteiger charge is -2.07. The molecular formula is C13H18F2N2O. The molecule has 0 aliphatic carbocycles. The third-order valence-corrected chi connectivity index (χ3v) is 2.66. The van der Waals surface area contributed by atoms with E-state index in [1.165, 1.54) is 13.0 Å². The third-order valence-electron chi connectivity index (χ3n) is 2.66. The van der Waals surface area contributed by atoms with Crippen LogP contribution in [0.5, 0.6) is 0 Å². The van der Waals surface area contributed by atoms with Crippen LogP contribution in [0.25, 0.3) is 0 Å². The summed E-state index contributed by atoms with van der Waals surface area (Å²) in [5.41, 5.74) is 5.48. The molecule has 1 aromatic rings. The van der Waals surface area contributed by atoms with E-state index in [0.29, 0.717) is 13.1 Å². The summed E-state index contributed by atoms with van der Waals surface area (Å²) in [4.78, 5) is 11.7. The minimum absolute atomic E-state index is 0.118. The number of unbranched alkanes of at least 4 members (excludes halogenated alkanes) is 2. The maximum absolute atomic E-state index is 13.4. The van der Waals surface area contributed by atoms with Crippen LogP contribution in [-0.2, 0) is 0 Å². The summed E-state index contributed by atoms with van der Waals surface area (Å²) in [5, 5.41) is 2.60. The summed E-state index contributed by atoms with van der Waals surface area (Å²) in [7, 11) is 0. The standard InChI is InChI=1S/C13H18F2N2O/c1-9-7-10(12(15)8-11(9)14)13(18)17-6-4-2-3-5-16/h7-8H,2-6,16H2,1H3,(H,17,18). The maximum atomic E-state index is 13.4. The molecule has 5 heteroatoms. The molecule has 0 radical (unpaired) electrons. The fourth-order valence-electron chi connectivity index (χ4n) is 1.57. The van der Waals surface area contributed by atoms with E-state index in [-0.39, 0.29) is 11.1 Å². The molecule has 18 heavy (non-hydrogen) atoms. The molecule has 3 N–H and O–H groups in total. The van der Waals surface area contributed by atoms with E-state index in [9.17, 15) is 13.6 Å². The summed E-state index contributed by atoms with van der Waals surface area (Å²) < 4.78 is 26.4. The Labute approximate surface area is 105 Å². The second kappa shape index (κ2) is 7.06. The fraction of sp³-hybridized carbons (Fsp3) is 0.462. The van der Waals surface area contributed by atoms with Crippen LogP contribution in [0.1, 0.15) is 35.2 Å². The lowest BCUT2D eigenvalue weighted by atomic mass is 10.1. The molecule has 1 rings (SSSR count). The van der Waals surface area contributed by atoms with Crippen molar-refractivity contribution in [1.29, 1.82) is 0 Å². The molecule has 1 aromatic carbocycles. The Hall–Kier alpha value is -1.49. The van der Waals surface area contributed by atoms with Gasteiger partial charge < -0.3 is 11.1 Å². The van der Waals surface area contributed by atoms with Crippen LogP contribution in [0.15, 0.2) is 12.1 Å². The van der Waals surface area contributed by atoms with Gasteiger partial charge in [-0.05, 0) is 37.9 Å². The zero-order valence-electron chi connectivity index (χ0n) is 10.4. The lowest BCUT2D eigenvalue weighted by Crippen LogP contribution is -2.25. The van der Waals surface area contributed by atoms with Gasteiger partial charge in [0.25, 0.3) is 5.91 Å². The Bertz CT molecular complexity index is 422. The van der Waals surface area contributed by atoms with Crippen LogP contribution in [0.2, 0.25) is 0 Å². The van der Waals surface area contributed by atoms with Crippen molar-refractivity contribution >= 4 is 5.91 Å². The molecule has 3 nitrogen and oxygen atoms in total. The molecule has 0 heterocycles. The molecule has 0 aromatic heterocycles. The SMILES string of the molecule is Cc1cc(C(=O)NCCCCCN)c(F)cc1F. The average molecular weight is 256 g/mol. The van der Waals surface area contributed by atoms with Gasteiger partial charge in [-0.25, -0.2) is 8.78 Å². The highest BCUT2D eigenvalue weighted by molar-refractivity contribution is 5.94. The maximum Gasteiger partial charge on any atom is 0.254 e. The molecule has 0 atom stereocenters. The first-order valence-electron chi connectivity index (χ1n) is 6.00. The number of hydrogen-bond acceptors (Lipinski definition) is 2. The molecule has 0 aliphatic rings. The molecule has 0 spiro atoms. The smallest absolute Gasteiger partial charge is 0.254 e. The summed E-state index contributed by atoms with van der Waals surface area (Å²) in [6.07, 6.45) is 2.62. The minimum Gasteiger partial charge on any atom is -0.352 e. The topological polar surface area (TPSA) is 55.1 Å². The Morgan fingerprint density at radius 3 is 2.61 bits per heavy atom. The van der Waals surface area contributed by atoms with E-state index in [1.54, 1.807) is 0 Å². The van der Waals surface area contributed by atoms with Gasteiger partial charge in [-0.15, -0.1) is 0 Å². The van der Waals surface area contributed by atoms with Crippen LogP contribution >= 0.6 is 0 Å². The van der Waals surface area contributed by atoms with Crippen LogP contribution in [0.3, 0.4) is 0 Å². The van der Waals surface area contributed by atoms with Gasteiger partial charge in [0.05, 0.1) is 5.56 Å². The highest BCUT2D eigenvalue weighted by Crippen LogP contribution is 2.14. The lowest BCUT2D eigenvalue weighted by molar-refractivity contribution is 0.0948. The normalized spacial score (nSPS) is 10.4. The van der Waals surface area contributed by atoms with Crippen molar-refractivity contribution in [2.75, 3.05) is 13.1 Å². The van der Waals surface area contributed by atoms with Gasteiger partial charge in [0.15, 0.2) is 0 Å². The monoisotopic (exact) mass is 256 g/mol. The zero-order valence-corrected chi connectivity index (χ0v) is 10.4. The Kier molecular flexibility index (Phi) is 5.71. The van der Waals surface area contributed by atoms with Crippen molar-refractivity contribution in [2.24, 2.45) is 5.73 Å². The number of benzene rings is 1. The van der Waals surface area contributed by atoms with Crippen molar-refractivity contribution in [2.45, 2.75) is 26.2 Å². The summed E-state index contributed by atoms with van der Waals surface area (Å²) in [5.74, 6) is -1.99. The first kappa shape index (κ1) is 14.6. The van der Waals surface area contributed by atoms with E-state index < -0.39 is 17.5 Å². The average Bonchev–Trinajstić information content (AvgIpc) is 2.33. The fourth-order valence-corrected chi connectivity index (χ4v) is 1.57. The van der Waals surface area contributed by atoms with Gasteiger partial charge in [0.2, 0.25) is 0 Å². The van der Waals surface area contributed by atoms with Crippen LogP contribution < -0.4 is 11.1 Å². The molecule has 0 bridgehead atoms. The largest absolute Gasteiger partial charge is 0.352 e. The number of nitrogens with one attached hydrogen (secondary N) is 1.